The molecule has 0 atom stereocenters. The summed E-state index contributed by atoms with van der Waals surface area (Å²) in [6, 6.07) is 21.7. The smallest absolute Gasteiger partial charge is 0.319 e. The molecule has 0 bridgehead atoms. The predicted molar refractivity (Wildman–Crippen MR) is 117 cm³/mol. The van der Waals surface area contributed by atoms with Crippen molar-refractivity contribution in [3.63, 3.8) is 0 Å². The number of hydrogen-bond donors (Lipinski definition) is 2. The molecule has 0 saturated carbocycles. The third kappa shape index (κ3) is 6.13. The van der Waals surface area contributed by atoms with Crippen molar-refractivity contribution in [3.8, 4) is 16.9 Å². The molecule has 3 aromatic rings. The van der Waals surface area contributed by atoms with Crippen molar-refractivity contribution in [2.75, 3.05) is 18.5 Å². The molecule has 5 nitrogen and oxygen atoms in total. The largest absolute Gasteiger partial charge is 0.493 e. The van der Waals surface area contributed by atoms with Gasteiger partial charge in [-0.05, 0) is 43.0 Å². The molecule has 0 aliphatic rings. The first-order valence-corrected chi connectivity index (χ1v) is 9.55. The fourth-order valence-corrected chi connectivity index (χ4v) is 2.85. The highest BCUT2D eigenvalue weighted by atomic mass is 16.5. The number of nitrogens with zero attached hydrogens (tertiary/aromatic N) is 1. The predicted octanol–water partition coefficient (Wildman–Crippen LogP) is 5.61. The summed E-state index contributed by atoms with van der Waals surface area (Å²) < 4.78 is 5.99. The molecule has 0 aliphatic heterocycles. The number of nitrogens with one attached hydrogen (secondary N) is 2. The maximum atomic E-state index is 11.8. The summed E-state index contributed by atoms with van der Waals surface area (Å²) in [7, 11) is 0. The first-order valence-electron chi connectivity index (χ1n) is 9.55. The number of amides is 2. The van der Waals surface area contributed by atoms with Gasteiger partial charge in [-0.25, -0.2) is 4.79 Å². The average Bonchev–Trinajstić information content (AvgIpc) is 2.75. The zero-order chi connectivity index (χ0) is 19.4. The number of rotatable bonds is 9. The van der Waals surface area contributed by atoms with Crippen LogP contribution in [-0.2, 0) is 0 Å². The van der Waals surface area contributed by atoms with E-state index < -0.39 is 0 Å². The van der Waals surface area contributed by atoms with Crippen molar-refractivity contribution in [2.24, 2.45) is 0 Å². The molecule has 2 N–H and O–H groups in total. The Morgan fingerprint density at radius 3 is 2.57 bits per heavy atom. The van der Waals surface area contributed by atoms with Crippen LogP contribution >= 0.6 is 0 Å². The summed E-state index contributed by atoms with van der Waals surface area (Å²) in [6.45, 7) is 1.29. The van der Waals surface area contributed by atoms with Crippen molar-refractivity contribution in [1.82, 2.24) is 10.3 Å². The number of carbonyl (C=O) groups excluding carboxylic acids is 1. The summed E-state index contributed by atoms with van der Waals surface area (Å²) >= 11 is 0. The maximum absolute atomic E-state index is 11.8. The third-order valence-electron chi connectivity index (χ3n) is 4.26. The number of carbonyl (C=O) groups is 1. The van der Waals surface area contributed by atoms with E-state index in [-0.39, 0.29) is 8.88 Å². The van der Waals surface area contributed by atoms with Gasteiger partial charge >= 0.3 is 6.03 Å². The lowest BCUT2D eigenvalue weighted by atomic mass is 10.1. The Morgan fingerprint density at radius 2 is 1.75 bits per heavy atom. The number of aromatic nitrogens is 1. The summed E-state index contributed by atoms with van der Waals surface area (Å²) in [5.41, 5.74) is 2.95. The molecule has 0 saturated heterocycles. The standard InChI is InChI=1S/C23H25N3O2.2H2/c27-23(26-20-12-9-15-24-18-20)25-16-7-2-8-17-28-22-14-6-5-13-21(22)19-10-3-1-4-11-19;;/h1,3-6,9-15,18H,2,7-8,16-17H2,(H2,25,26,27);2*1H. The van der Waals surface area contributed by atoms with E-state index in [1.165, 1.54) is 0 Å². The molecular weight excluding hydrogens is 350 g/mol. The minimum Gasteiger partial charge on any atom is -0.493 e. The lowest BCUT2D eigenvalue weighted by molar-refractivity contribution is 0.251. The molecule has 0 fully saturated rings. The van der Waals surface area contributed by atoms with Crippen LogP contribution in [-0.4, -0.2) is 24.2 Å². The molecule has 3 rings (SSSR count). The van der Waals surface area contributed by atoms with Crippen LogP contribution in [0.2, 0.25) is 0 Å². The zero-order valence-electron chi connectivity index (χ0n) is 15.8. The lowest BCUT2D eigenvalue weighted by Crippen LogP contribution is -2.29. The molecule has 28 heavy (non-hydrogen) atoms. The quantitative estimate of drug-likeness (QED) is 0.475. The molecule has 0 unspecified atom stereocenters. The molecule has 2 aromatic carbocycles. The average molecular weight is 380 g/mol. The Morgan fingerprint density at radius 1 is 0.929 bits per heavy atom. The SMILES string of the molecule is O=C(NCCCCCOc1ccccc1-c1ccccc1)Nc1cccnc1.[HH].[HH]. The van der Waals surface area contributed by atoms with Gasteiger partial charge in [0.1, 0.15) is 5.75 Å². The summed E-state index contributed by atoms with van der Waals surface area (Å²) in [5.74, 6) is 0.905. The van der Waals surface area contributed by atoms with Gasteiger partial charge in [-0.1, -0.05) is 48.5 Å². The normalized spacial score (nSPS) is 10.3. The monoisotopic (exact) mass is 379 g/mol. The lowest BCUT2D eigenvalue weighted by Gasteiger charge is -2.12. The minimum absolute atomic E-state index is 0. The van der Waals surface area contributed by atoms with Crippen LogP contribution in [0.5, 0.6) is 5.75 Å². The van der Waals surface area contributed by atoms with Gasteiger partial charge in [0.15, 0.2) is 0 Å². The maximum Gasteiger partial charge on any atom is 0.319 e. The Kier molecular flexibility index (Phi) is 7.44. The van der Waals surface area contributed by atoms with Crippen molar-refractivity contribution in [3.05, 3.63) is 79.1 Å². The molecule has 0 spiro atoms. The number of benzene rings is 2. The molecule has 5 heteroatoms. The van der Waals surface area contributed by atoms with Crippen LogP contribution in [0.1, 0.15) is 22.1 Å². The molecule has 0 radical (unpaired) electrons. The van der Waals surface area contributed by atoms with Crippen LogP contribution in [0.15, 0.2) is 79.1 Å². The van der Waals surface area contributed by atoms with Gasteiger partial charge in [-0.2, -0.15) is 0 Å². The van der Waals surface area contributed by atoms with Gasteiger partial charge in [-0.3, -0.25) is 4.98 Å². The van der Waals surface area contributed by atoms with E-state index in [1.54, 1.807) is 24.5 Å². The number of urea groups is 1. The van der Waals surface area contributed by atoms with E-state index >= 15 is 0 Å². The van der Waals surface area contributed by atoms with Crippen molar-refractivity contribution in [1.29, 1.82) is 0 Å². The molecule has 1 heterocycles. The van der Waals surface area contributed by atoms with Crippen molar-refractivity contribution >= 4 is 11.7 Å². The van der Waals surface area contributed by atoms with Crippen LogP contribution in [0.4, 0.5) is 10.5 Å². The zero-order valence-corrected chi connectivity index (χ0v) is 15.8. The van der Waals surface area contributed by atoms with Gasteiger partial charge < -0.3 is 15.4 Å². The van der Waals surface area contributed by atoms with Crippen LogP contribution in [0.25, 0.3) is 11.1 Å². The van der Waals surface area contributed by atoms with Crippen molar-refractivity contribution in [2.45, 2.75) is 19.3 Å². The summed E-state index contributed by atoms with van der Waals surface area (Å²) in [4.78, 5) is 15.7. The van der Waals surface area contributed by atoms with E-state index in [0.717, 1.165) is 36.1 Å². The summed E-state index contributed by atoms with van der Waals surface area (Å²) in [6.07, 6.45) is 6.12. The number of unbranched alkanes of at least 4 members (excludes halogenated alkanes) is 2. The Hall–Kier alpha value is -3.34. The second-order valence-corrected chi connectivity index (χ2v) is 6.39. The molecular formula is C23H29N3O2. The highest BCUT2D eigenvalue weighted by Gasteiger charge is 2.05. The van der Waals surface area contributed by atoms with Crippen molar-refractivity contribution < 1.29 is 12.4 Å². The Labute approximate surface area is 168 Å². The van der Waals surface area contributed by atoms with Gasteiger partial charge in [0.2, 0.25) is 0 Å². The van der Waals surface area contributed by atoms with Gasteiger partial charge in [0.25, 0.3) is 0 Å². The van der Waals surface area contributed by atoms with Gasteiger partial charge in [0.05, 0.1) is 18.5 Å². The van der Waals surface area contributed by atoms with Crippen LogP contribution in [0, 0.1) is 0 Å². The van der Waals surface area contributed by atoms with Gasteiger partial charge in [0, 0.05) is 21.2 Å². The Balaban J connectivity index is 0.00000225. The third-order valence-corrected chi connectivity index (χ3v) is 4.26. The summed E-state index contributed by atoms with van der Waals surface area (Å²) in [5, 5.41) is 5.60. The second kappa shape index (κ2) is 10.7. The van der Waals surface area contributed by atoms with E-state index in [1.807, 2.05) is 36.4 Å². The van der Waals surface area contributed by atoms with Crippen LogP contribution in [0.3, 0.4) is 0 Å². The number of pyridine rings is 1. The number of anilines is 1. The van der Waals surface area contributed by atoms with E-state index in [0.29, 0.717) is 18.8 Å². The van der Waals surface area contributed by atoms with E-state index in [4.69, 9.17) is 4.74 Å². The molecule has 0 aliphatic carbocycles. The minimum atomic E-state index is -0.207. The van der Waals surface area contributed by atoms with Gasteiger partial charge in [-0.15, -0.1) is 0 Å². The number of ether oxygens (including phenoxy) is 1. The molecule has 2 amide bonds. The van der Waals surface area contributed by atoms with E-state index in [9.17, 15) is 4.79 Å². The fourth-order valence-electron chi connectivity index (χ4n) is 2.85. The highest BCUT2D eigenvalue weighted by molar-refractivity contribution is 5.88. The first kappa shape index (κ1) is 19.4. The first-order chi connectivity index (χ1) is 13.8. The topological polar surface area (TPSA) is 63.2 Å². The van der Waals surface area contributed by atoms with Crippen LogP contribution < -0.4 is 15.4 Å². The van der Waals surface area contributed by atoms with E-state index in [2.05, 4.69) is 33.8 Å². The molecule has 148 valence electrons. The number of para-hydroxylation sites is 1. The second-order valence-electron chi connectivity index (χ2n) is 6.39. The highest BCUT2D eigenvalue weighted by Crippen LogP contribution is 2.29. The Bertz CT molecular complexity index is 865. The fraction of sp³-hybridized carbons (Fsp3) is 0.217. The number of hydrogen-bond acceptors (Lipinski definition) is 3. The molecule has 1 aromatic heterocycles.